The number of hydroxylamine groups is 3. The molecule has 0 spiro atoms. The van der Waals surface area contributed by atoms with Gasteiger partial charge in [0.15, 0.2) is 12.1 Å². The maximum atomic E-state index is 13.1. The van der Waals surface area contributed by atoms with Crippen LogP contribution in [0.1, 0.15) is 41.0 Å². The van der Waals surface area contributed by atoms with Gasteiger partial charge in [0.25, 0.3) is 0 Å². The lowest BCUT2D eigenvalue weighted by molar-refractivity contribution is -0.877. The molecule has 2 heterocycles. The topological polar surface area (TPSA) is 125 Å². The molecule has 30 heavy (non-hydrogen) atoms. The number of carbonyl (C=O) groups excluding carboxylic acids is 2. The summed E-state index contributed by atoms with van der Waals surface area (Å²) in [6, 6.07) is -0.665. The lowest BCUT2D eigenvalue weighted by atomic mass is 9.81. The molecule has 5 atom stereocenters. The molecule has 170 valence electrons. The first kappa shape index (κ1) is 24.5. The molecule has 0 aromatic carbocycles. The van der Waals surface area contributed by atoms with Crippen molar-refractivity contribution in [3.05, 3.63) is 28.5 Å². The van der Waals surface area contributed by atoms with Gasteiger partial charge in [0.1, 0.15) is 12.2 Å². The number of aliphatic hydroxyl groups is 2. The molecular formula is C21H33NO8. The summed E-state index contributed by atoms with van der Waals surface area (Å²) in [5.74, 6) is -1.54. The van der Waals surface area contributed by atoms with Gasteiger partial charge in [0.05, 0.1) is 19.2 Å². The molecule has 1 fully saturated rings. The number of nitrogens with zero attached hydrogens (tertiary/aromatic N) is 1. The van der Waals surface area contributed by atoms with Gasteiger partial charge in [-0.1, -0.05) is 6.08 Å². The van der Waals surface area contributed by atoms with Gasteiger partial charge in [-0.25, -0.2) is 9.59 Å². The molecule has 2 N–H and O–H groups in total. The maximum absolute atomic E-state index is 13.1. The Hall–Kier alpha value is -1.78. The second-order valence-corrected chi connectivity index (χ2v) is 8.57. The molecule has 0 radical (unpaired) electrons. The van der Waals surface area contributed by atoms with Crippen LogP contribution in [0.5, 0.6) is 0 Å². The van der Waals surface area contributed by atoms with Crippen LogP contribution in [0.25, 0.3) is 0 Å². The van der Waals surface area contributed by atoms with Gasteiger partial charge < -0.3 is 34.3 Å². The SMILES string of the molecule is C/C=C(/C)C(=O)OC1CC[N+]2([O-])CC=C(COC(=O)C(O)(C(C)OC)C(C)(C)O)C12. The summed E-state index contributed by atoms with van der Waals surface area (Å²) in [4.78, 5) is 24.9. The monoisotopic (exact) mass is 427 g/mol. The number of methoxy groups -OCH3 is 1. The van der Waals surface area contributed by atoms with Gasteiger partial charge in [-0.05, 0) is 40.7 Å². The van der Waals surface area contributed by atoms with Crippen molar-refractivity contribution in [2.75, 3.05) is 26.8 Å². The van der Waals surface area contributed by atoms with Crippen molar-refractivity contribution >= 4 is 11.9 Å². The number of carbonyl (C=O) groups is 2. The number of fused-ring (bicyclic) bond motifs is 1. The zero-order valence-electron chi connectivity index (χ0n) is 18.5. The smallest absolute Gasteiger partial charge is 0.344 e. The van der Waals surface area contributed by atoms with E-state index in [1.807, 2.05) is 0 Å². The number of esters is 2. The summed E-state index contributed by atoms with van der Waals surface area (Å²) in [5, 5.41) is 34.3. The largest absolute Gasteiger partial charge is 0.632 e. The summed E-state index contributed by atoms with van der Waals surface area (Å²) in [5.41, 5.74) is -3.16. The van der Waals surface area contributed by atoms with Crippen LogP contribution in [-0.4, -0.2) is 83.1 Å². The van der Waals surface area contributed by atoms with Crippen LogP contribution in [-0.2, 0) is 23.8 Å². The third kappa shape index (κ3) is 4.31. The number of rotatable bonds is 8. The van der Waals surface area contributed by atoms with Crippen molar-refractivity contribution in [1.82, 2.24) is 0 Å². The lowest BCUT2D eigenvalue weighted by Crippen LogP contribution is -2.63. The molecule has 2 rings (SSSR count). The fourth-order valence-electron chi connectivity index (χ4n) is 4.04. The van der Waals surface area contributed by atoms with Crippen molar-refractivity contribution in [3.63, 3.8) is 0 Å². The highest BCUT2D eigenvalue weighted by molar-refractivity contribution is 5.87. The fraction of sp³-hybridized carbons (Fsp3) is 0.714. The lowest BCUT2D eigenvalue weighted by Gasteiger charge is -2.41. The number of hydrogen-bond acceptors (Lipinski definition) is 8. The van der Waals surface area contributed by atoms with Gasteiger partial charge in [-0.15, -0.1) is 0 Å². The predicted molar refractivity (Wildman–Crippen MR) is 108 cm³/mol. The standard InChI is InChI=1S/C21H33NO8/c1-7-13(2)18(23)30-16-9-11-22(27)10-8-15(17(16)22)12-29-19(24)21(26,14(3)28-6)20(4,5)25/h7-8,14,16-17,25-26H,9-12H2,1-6H3/b13-7-. The molecule has 0 aromatic heterocycles. The normalized spacial score (nSPS) is 29.6. The minimum Gasteiger partial charge on any atom is -0.632 e. The quantitative estimate of drug-likeness (QED) is 0.193. The minimum absolute atomic E-state index is 0.193. The number of allylic oxidation sites excluding steroid dienone is 1. The Bertz CT molecular complexity index is 740. The highest BCUT2D eigenvalue weighted by Crippen LogP contribution is 2.38. The molecule has 2 aliphatic rings. The van der Waals surface area contributed by atoms with Crippen LogP contribution in [0.2, 0.25) is 0 Å². The van der Waals surface area contributed by atoms with Crippen LogP contribution in [0.3, 0.4) is 0 Å². The second-order valence-electron chi connectivity index (χ2n) is 8.57. The van der Waals surface area contributed by atoms with Gasteiger partial charge in [-0.3, -0.25) is 0 Å². The Labute approximate surface area is 177 Å². The molecule has 0 aromatic rings. The van der Waals surface area contributed by atoms with E-state index in [0.717, 1.165) is 0 Å². The second kappa shape index (κ2) is 8.76. The molecule has 1 saturated heterocycles. The fourth-order valence-corrected chi connectivity index (χ4v) is 4.04. The van der Waals surface area contributed by atoms with E-state index in [9.17, 15) is 25.0 Å². The van der Waals surface area contributed by atoms with Crippen molar-refractivity contribution < 1.29 is 38.7 Å². The summed E-state index contributed by atoms with van der Waals surface area (Å²) < 4.78 is 15.4. The van der Waals surface area contributed by atoms with Crippen LogP contribution in [0.15, 0.2) is 23.3 Å². The van der Waals surface area contributed by atoms with E-state index in [1.165, 1.54) is 27.9 Å². The molecule has 9 heteroatoms. The van der Waals surface area contributed by atoms with E-state index in [4.69, 9.17) is 14.2 Å². The first-order chi connectivity index (χ1) is 13.8. The van der Waals surface area contributed by atoms with E-state index < -0.39 is 46.0 Å². The van der Waals surface area contributed by atoms with Crippen LogP contribution >= 0.6 is 0 Å². The van der Waals surface area contributed by atoms with E-state index in [-0.39, 0.29) is 13.2 Å². The van der Waals surface area contributed by atoms with Crippen molar-refractivity contribution in [3.8, 4) is 0 Å². The number of ether oxygens (including phenoxy) is 3. The van der Waals surface area contributed by atoms with Gasteiger partial charge in [0, 0.05) is 24.7 Å². The van der Waals surface area contributed by atoms with Gasteiger partial charge >= 0.3 is 11.9 Å². The van der Waals surface area contributed by atoms with Crippen molar-refractivity contribution in [2.24, 2.45) is 0 Å². The molecule has 9 nitrogen and oxygen atoms in total. The van der Waals surface area contributed by atoms with E-state index in [1.54, 1.807) is 26.0 Å². The number of hydrogen-bond donors (Lipinski definition) is 2. The average molecular weight is 427 g/mol. The predicted octanol–water partition coefficient (Wildman–Crippen LogP) is 0.971. The van der Waals surface area contributed by atoms with Crippen molar-refractivity contribution in [2.45, 2.75) is 70.5 Å². The van der Waals surface area contributed by atoms with Crippen LogP contribution in [0.4, 0.5) is 0 Å². The third-order valence-corrected chi connectivity index (χ3v) is 6.26. The van der Waals surface area contributed by atoms with Crippen LogP contribution < -0.4 is 0 Å². The Morgan fingerprint density at radius 3 is 2.57 bits per heavy atom. The Morgan fingerprint density at radius 1 is 1.40 bits per heavy atom. The zero-order chi connectivity index (χ0) is 22.9. The average Bonchev–Trinajstić information content (AvgIpc) is 3.18. The Balaban J connectivity index is 2.14. The van der Waals surface area contributed by atoms with Gasteiger partial charge in [0.2, 0.25) is 5.60 Å². The summed E-state index contributed by atoms with van der Waals surface area (Å²) in [6.07, 6.45) is 2.08. The molecule has 0 aliphatic carbocycles. The highest BCUT2D eigenvalue weighted by Gasteiger charge is 2.56. The summed E-state index contributed by atoms with van der Waals surface area (Å²) >= 11 is 0. The molecule has 0 bridgehead atoms. The summed E-state index contributed by atoms with van der Waals surface area (Å²) in [7, 11) is 1.31. The molecule has 5 unspecified atom stereocenters. The van der Waals surface area contributed by atoms with E-state index in [0.29, 0.717) is 24.1 Å². The zero-order valence-corrected chi connectivity index (χ0v) is 18.5. The van der Waals surface area contributed by atoms with E-state index in [2.05, 4.69) is 0 Å². The van der Waals surface area contributed by atoms with Gasteiger partial charge in [-0.2, -0.15) is 0 Å². The maximum Gasteiger partial charge on any atom is 0.344 e. The van der Waals surface area contributed by atoms with Crippen LogP contribution in [0, 0.1) is 5.21 Å². The molecule has 0 saturated carbocycles. The highest BCUT2D eigenvalue weighted by atomic mass is 16.6. The summed E-state index contributed by atoms with van der Waals surface area (Å²) in [6.45, 7) is 7.62. The molecule has 2 aliphatic heterocycles. The van der Waals surface area contributed by atoms with Crippen molar-refractivity contribution in [1.29, 1.82) is 0 Å². The minimum atomic E-state index is -2.31. The first-order valence-electron chi connectivity index (χ1n) is 10.1. The Kier molecular flexibility index (Phi) is 7.15. The van der Waals surface area contributed by atoms with E-state index >= 15 is 0 Å². The third-order valence-electron chi connectivity index (χ3n) is 6.26. The Morgan fingerprint density at radius 2 is 2.03 bits per heavy atom. The molecular weight excluding hydrogens is 394 g/mol. The number of quaternary nitrogens is 1. The first-order valence-corrected chi connectivity index (χ1v) is 10.1. The molecule has 0 amide bonds.